The van der Waals surface area contributed by atoms with Crippen molar-refractivity contribution in [3.63, 3.8) is 0 Å². The summed E-state index contributed by atoms with van der Waals surface area (Å²) in [5.74, 6) is 0. The van der Waals surface area contributed by atoms with Crippen LogP contribution in [0.4, 0.5) is 0 Å². The summed E-state index contributed by atoms with van der Waals surface area (Å²) >= 11 is 0. The summed E-state index contributed by atoms with van der Waals surface area (Å²) in [7, 11) is -3.61. The second kappa shape index (κ2) is 7.09. The van der Waals surface area contributed by atoms with Crippen LogP contribution >= 0.6 is 0 Å². The van der Waals surface area contributed by atoms with E-state index < -0.39 is 10.0 Å². The van der Waals surface area contributed by atoms with E-state index in [-0.39, 0.29) is 36.6 Å². The number of sulfonamides is 1. The second-order valence-corrected chi connectivity index (χ2v) is 8.31. The lowest BCUT2D eigenvalue weighted by molar-refractivity contribution is 0.174. The van der Waals surface area contributed by atoms with Crippen LogP contribution < -0.4 is 4.74 Å². The molecule has 8 nitrogen and oxygen atoms in total. The Bertz CT molecular complexity index is 1020. The highest BCUT2D eigenvalue weighted by Crippen LogP contribution is 2.26. The molecule has 0 bridgehead atoms. The van der Waals surface area contributed by atoms with Gasteiger partial charge in [-0.3, -0.25) is 4.68 Å². The Hall–Kier alpha value is -2.78. The number of hydrogen-bond acceptors (Lipinski definition) is 6. The van der Waals surface area contributed by atoms with Crippen molar-refractivity contribution in [2.24, 2.45) is 0 Å². The van der Waals surface area contributed by atoms with E-state index in [4.69, 9.17) is 4.74 Å². The van der Waals surface area contributed by atoms with E-state index in [1.165, 1.54) is 4.31 Å². The van der Waals surface area contributed by atoms with Crippen LogP contribution in [0.3, 0.4) is 0 Å². The van der Waals surface area contributed by atoms with Crippen LogP contribution in [0.5, 0.6) is 6.01 Å². The van der Waals surface area contributed by atoms with Gasteiger partial charge in [0.15, 0.2) is 0 Å². The predicted octanol–water partition coefficient (Wildman–Crippen LogP) is 1.81. The lowest BCUT2D eigenvalue weighted by atomic mass is 10.2. The normalized spacial score (nSPS) is 17.4. The Kier molecular flexibility index (Phi) is 4.63. The third kappa shape index (κ3) is 3.56. The van der Waals surface area contributed by atoms with E-state index in [1.54, 1.807) is 48.9 Å². The largest absolute Gasteiger partial charge is 0.461 e. The topological polar surface area (TPSA) is 90.2 Å². The van der Waals surface area contributed by atoms with Gasteiger partial charge in [0.25, 0.3) is 0 Å². The average Bonchev–Trinajstić information content (AvgIpc) is 3.16. The Morgan fingerprint density at radius 1 is 1.11 bits per heavy atom. The van der Waals surface area contributed by atoms with Crippen molar-refractivity contribution in [1.82, 2.24) is 24.1 Å². The molecular weight excluding hydrogens is 366 g/mol. The molecule has 0 radical (unpaired) electrons. The van der Waals surface area contributed by atoms with E-state index in [2.05, 4.69) is 15.1 Å². The van der Waals surface area contributed by atoms with E-state index in [0.717, 1.165) is 11.3 Å². The minimum Gasteiger partial charge on any atom is -0.461 e. The monoisotopic (exact) mass is 385 g/mol. The smallest absolute Gasteiger partial charge is 0.316 e. The predicted molar refractivity (Wildman–Crippen MR) is 97.6 cm³/mol. The summed E-state index contributed by atoms with van der Waals surface area (Å²) in [4.78, 5) is 8.36. The first-order chi connectivity index (χ1) is 13.0. The molecule has 4 rings (SSSR count). The first-order valence-corrected chi connectivity index (χ1v) is 9.97. The molecule has 2 aromatic heterocycles. The first kappa shape index (κ1) is 17.6. The quantitative estimate of drug-likeness (QED) is 0.665. The van der Waals surface area contributed by atoms with Crippen LogP contribution in [0.1, 0.15) is 17.3 Å². The Morgan fingerprint density at radius 3 is 2.59 bits per heavy atom. The van der Waals surface area contributed by atoms with E-state index in [9.17, 15) is 8.42 Å². The standard InChI is InChI=1S/C18H19N5O3S/c1-14-3-5-17(6-4-14)27(24,25)22-11-15-7-10-21-23(15)16(12-22)13-26-18-19-8-2-9-20-18/h2-10,16H,11-13H2,1H3. The maximum absolute atomic E-state index is 13.1. The molecule has 3 aromatic rings. The summed E-state index contributed by atoms with van der Waals surface area (Å²) in [6.07, 6.45) is 4.86. The Labute approximate surface area is 157 Å². The summed E-state index contributed by atoms with van der Waals surface area (Å²) in [6, 6.07) is 10.4. The first-order valence-electron chi connectivity index (χ1n) is 8.53. The van der Waals surface area contributed by atoms with Crippen molar-refractivity contribution in [2.75, 3.05) is 13.2 Å². The zero-order chi connectivity index (χ0) is 18.9. The second-order valence-electron chi connectivity index (χ2n) is 6.37. The fraction of sp³-hybridized carbons (Fsp3) is 0.278. The number of fused-ring (bicyclic) bond motifs is 1. The van der Waals surface area contributed by atoms with Gasteiger partial charge in [-0.2, -0.15) is 9.40 Å². The van der Waals surface area contributed by atoms with E-state index >= 15 is 0 Å². The minimum atomic E-state index is -3.61. The summed E-state index contributed by atoms with van der Waals surface area (Å²) < 4.78 is 35.1. The third-order valence-corrected chi connectivity index (χ3v) is 6.28. The van der Waals surface area contributed by atoms with Crippen molar-refractivity contribution < 1.29 is 13.2 Å². The van der Waals surface area contributed by atoms with Crippen molar-refractivity contribution in [2.45, 2.75) is 24.4 Å². The molecule has 1 aliphatic heterocycles. The van der Waals surface area contributed by atoms with Gasteiger partial charge >= 0.3 is 6.01 Å². The van der Waals surface area contributed by atoms with Gasteiger partial charge < -0.3 is 4.74 Å². The van der Waals surface area contributed by atoms with Gasteiger partial charge in [-0.25, -0.2) is 18.4 Å². The SMILES string of the molecule is Cc1ccc(S(=O)(=O)N2Cc3ccnn3C(COc3ncccn3)C2)cc1. The van der Waals surface area contributed by atoms with Crippen LogP contribution in [-0.4, -0.2) is 45.6 Å². The molecular formula is C18H19N5O3S. The van der Waals surface area contributed by atoms with Crippen molar-refractivity contribution in [3.8, 4) is 6.01 Å². The van der Waals surface area contributed by atoms with Crippen molar-refractivity contribution >= 4 is 10.0 Å². The number of aromatic nitrogens is 4. The van der Waals surface area contributed by atoms with E-state index in [0.29, 0.717) is 0 Å². The molecule has 0 fully saturated rings. The van der Waals surface area contributed by atoms with Gasteiger partial charge in [-0.05, 0) is 31.2 Å². The van der Waals surface area contributed by atoms with Crippen molar-refractivity contribution in [3.05, 3.63) is 66.2 Å². The number of nitrogens with zero attached hydrogens (tertiary/aromatic N) is 5. The number of benzene rings is 1. The summed E-state index contributed by atoms with van der Waals surface area (Å²) in [5, 5.41) is 4.33. The van der Waals surface area contributed by atoms with Gasteiger partial charge in [-0.15, -0.1) is 0 Å². The van der Waals surface area contributed by atoms with Crippen LogP contribution in [0, 0.1) is 6.92 Å². The van der Waals surface area contributed by atoms with Gasteiger partial charge in [0, 0.05) is 25.1 Å². The highest BCUT2D eigenvalue weighted by molar-refractivity contribution is 7.89. The Balaban J connectivity index is 1.58. The Morgan fingerprint density at radius 2 is 1.85 bits per heavy atom. The molecule has 0 N–H and O–H groups in total. The number of rotatable bonds is 5. The fourth-order valence-corrected chi connectivity index (χ4v) is 4.50. The zero-order valence-electron chi connectivity index (χ0n) is 14.8. The highest BCUT2D eigenvalue weighted by atomic mass is 32.2. The molecule has 140 valence electrons. The molecule has 1 aromatic carbocycles. The van der Waals surface area contributed by atoms with Crippen molar-refractivity contribution in [1.29, 1.82) is 0 Å². The number of ether oxygens (including phenoxy) is 1. The fourth-order valence-electron chi connectivity index (χ4n) is 3.05. The molecule has 0 aliphatic carbocycles. The van der Waals surface area contributed by atoms with E-state index in [1.807, 2.05) is 17.7 Å². The molecule has 1 atom stereocenters. The molecule has 0 amide bonds. The summed E-state index contributed by atoms with van der Waals surface area (Å²) in [5.41, 5.74) is 1.83. The number of hydrogen-bond donors (Lipinski definition) is 0. The zero-order valence-corrected chi connectivity index (χ0v) is 15.6. The third-order valence-electron chi connectivity index (χ3n) is 4.46. The molecule has 1 unspecified atom stereocenters. The molecule has 3 heterocycles. The van der Waals surface area contributed by atoms with Crippen LogP contribution in [-0.2, 0) is 16.6 Å². The van der Waals surface area contributed by atoms with Crippen LogP contribution in [0.2, 0.25) is 0 Å². The van der Waals surface area contributed by atoms with Crippen LogP contribution in [0.25, 0.3) is 0 Å². The lowest BCUT2D eigenvalue weighted by Gasteiger charge is -2.32. The van der Waals surface area contributed by atoms with Gasteiger partial charge in [0.05, 0.1) is 17.1 Å². The average molecular weight is 385 g/mol. The minimum absolute atomic E-state index is 0.221. The molecule has 27 heavy (non-hydrogen) atoms. The number of aryl methyl sites for hydroxylation is 1. The summed E-state index contributed by atoms with van der Waals surface area (Å²) in [6.45, 7) is 2.68. The molecule has 9 heteroatoms. The highest BCUT2D eigenvalue weighted by Gasteiger charge is 2.34. The maximum atomic E-state index is 13.1. The molecule has 0 spiro atoms. The molecule has 0 saturated carbocycles. The lowest BCUT2D eigenvalue weighted by Crippen LogP contribution is -2.43. The maximum Gasteiger partial charge on any atom is 0.316 e. The molecule has 0 saturated heterocycles. The van der Waals surface area contributed by atoms with Gasteiger partial charge in [-0.1, -0.05) is 17.7 Å². The van der Waals surface area contributed by atoms with Crippen LogP contribution in [0.15, 0.2) is 59.9 Å². The van der Waals surface area contributed by atoms with Gasteiger partial charge in [0.2, 0.25) is 10.0 Å². The van der Waals surface area contributed by atoms with Gasteiger partial charge in [0.1, 0.15) is 12.6 Å². The molecule has 1 aliphatic rings.